The third-order valence-corrected chi connectivity index (χ3v) is 4.92. The number of rotatable bonds is 1. The van der Waals surface area contributed by atoms with Crippen molar-refractivity contribution in [2.75, 3.05) is 0 Å². The number of aromatic hydroxyl groups is 3. The van der Waals surface area contributed by atoms with Gasteiger partial charge in [-0.25, -0.2) is 9.59 Å². The van der Waals surface area contributed by atoms with E-state index in [1.807, 2.05) is 0 Å². The minimum absolute atomic E-state index is 0.0122. The van der Waals surface area contributed by atoms with Crippen LogP contribution in [0.1, 0.15) is 17.0 Å². The van der Waals surface area contributed by atoms with E-state index in [0.29, 0.717) is 0 Å². The van der Waals surface area contributed by atoms with Crippen molar-refractivity contribution >= 4 is 21.9 Å². The van der Waals surface area contributed by atoms with Crippen LogP contribution in [0, 0.1) is 0 Å². The van der Waals surface area contributed by atoms with Crippen molar-refractivity contribution in [3.63, 3.8) is 0 Å². The number of hydrogen-bond donors (Lipinski definition) is 4. The molecule has 3 heterocycles. The molecule has 0 amide bonds. The lowest BCUT2D eigenvalue weighted by Crippen LogP contribution is -2.26. The van der Waals surface area contributed by atoms with E-state index < -0.39 is 34.8 Å². The van der Waals surface area contributed by atoms with Crippen molar-refractivity contribution in [2.24, 2.45) is 0 Å². The summed E-state index contributed by atoms with van der Waals surface area (Å²) >= 11 is 0. The molecule has 9 heteroatoms. The molecule has 29 heavy (non-hydrogen) atoms. The second kappa shape index (κ2) is 5.76. The third-order valence-electron chi connectivity index (χ3n) is 4.92. The fourth-order valence-corrected chi connectivity index (χ4v) is 3.65. The molecule has 0 fully saturated rings. The van der Waals surface area contributed by atoms with E-state index in [-0.39, 0.29) is 44.8 Å². The SMILES string of the molecule is O=c1oc2ccc(O)cc2c(O)c1C1c2c(c3cc(O)ccc3oc2=O)OC1O. The van der Waals surface area contributed by atoms with Gasteiger partial charge in [-0.15, -0.1) is 0 Å². The van der Waals surface area contributed by atoms with Gasteiger partial charge in [-0.2, -0.15) is 0 Å². The molecule has 2 unspecified atom stereocenters. The molecule has 0 saturated carbocycles. The number of fused-ring (bicyclic) bond motifs is 4. The van der Waals surface area contributed by atoms with Crippen molar-refractivity contribution in [1.29, 1.82) is 0 Å². The minimum Gasteiger partial charge on any atom is -0.508 e. The second-order valence-electron chi connectivity index (χ2n) is 6.63. The first-order valence-electron chi connectivity index (χ1n) is 8.48. The number of aliphatic hydroxyl groups is 1. The van der Waals surface area contributed by atoms with Crippen LogP contribution in [0.2, 0.25) is 0 Å². The van der Waals surface area contributed by atoms with Crippen LogP contribution >= 0.6 is 0 Å². The topological polar surface area (TPSA) is 151 Å². The predicted molar refractivity (Wildman–Crippen MR) is 98.4 cm³/mol. The molecule has 2 aromatic heterocycles. The zero-order chi connectivity index (χ0) is 20.4. The van der Waals surface area contributed by atoms with Gasteiger partial charge in [0.15, 0.2) is 0 Å². The van der Waals surface area contributed by atoms with E-state index in [2.05, 4.69) is 0 Å². The summed E-state index contributed by atoms with van der Waals surface area (Å²) in [5.74, 6) is -2.35. The molecule has 1 aliphatic heterocycles. The molecule has 5 rings (SSSR count). The normalized spacial score (nSPS) is 18.1. The zero-order valence-electron chi connectivity index (χ0n) is 14.4. The molecule has 2 atom stereocenters. The Labute approximate surface area is 160 Å². The Morgan fingerprint density at radius 1 is 0.759 bits per heavy atom. The fourth-order valence-electron chi connectivity index (χ4n) is 3.65. The lowest BCUT2D eigenvalue weighted by Gasteiger charge is -2.14. The lowest BCUT2D eigenvalue weighted by molar-refractivity contribution is -0.00988. The molecule has 1 aliphatic rings. The molecule has 0 radical (unpaired) electrons. The Balaban J connectivity index is 1.84. The summed E-state index contributed by atoms with van der Waals surface area (Å²) in [6.45, 7) is 0. The van der Waals surface area contributed by atoms with Crippen LogP contribution < -0.4 is 16.0 Å². The van der Waals surface area contributed by atoms with Gasteiger partial charge in [0.25, 0.3) is 0 Å². The summed E-state index contributed by atoms with van der Waals surface area (Å²) in [6, 6.07) is 7.72. The molecule has 9 nitrogen and oxygen atoms in total. The number of aliphatic hydroxyl groups excluding tert-OH is 1. The van der Waals surface area contributed by atoms with E-state index in [1.54, 1.807) is 0 Å². The highest BCUT2D eigenvalue weighted by molar-refractivity contribution is 5.88. The molecule has 0 aliphatic carbocycles. The maximum atomic E-state index is 12.6. The first kappa shape index (κ1) is 17.1. The quantitative estimate of drug-likeness (QED) is 0.353. The first-order valence-corrected chi connectivity index (χ1v) is 8.48. The number of hydrogen-bond acceptors (Lipinski definition) is 9. The Kier molecular flexibility index (Phi) is 3.40. The lowest BCUT2D eigenvalue weighted by atomic mass is 9.92. The molecule has 0 spiro atoms. The Morgan fingerprint density at radius 2 is 1.31 bits per heavy atom. The average molecular weight is 396 g/mol. The third kappa shape index (κ3) is 2.38. The van der Waals surface area contributed by atoms with Crippen molar-refractivity contribution in [1.82, 2.24) is 0 Å². The number of benzene rings is 2. The van der Waals surface area contributed by atoms with Crippen molar-refractivity contribution in [2.45, 2.75) is 12.2 Å². The van der Waals surface area contributed by atoms with Gasteiger partial charge in [-0.1, -0.05) is 0 Å². The molecular weight excluding hydrogens is 384 g/mol. The van der Waals surface area contributed by atoms with E-state index >= 15 is 0 Å². The van der Waals surface area contributed by atoms with Gasteiger partial charge in [-0.05, 0) is 36.4 Å². The van der Waals surface area contributed by atoms with E-state index in [4.69, 9.17) is 13.6 Å². The summed E-state index contributed by atoms with van der Waals surface area (Å²) in [5.41, 5.74) is -2.36. The van der Waals surface area contributed by atoms with Gasteiger partial charge in [0.2, 0.25) is 6.29 Å². The monoisotopic (exact) mass is 396 g/mol. The second-order valence-corrected chi connectivity index (χ2v) is 6.63. The van der Waals surface area contributed by atoms with E-state index in [0.717, 1.165) is 0 Å². The Hall–Kier alpha value is -3.98. The maximum absolute atomic E-state index is 12.6. The molecule has 0 saturated heterocycles. The van der Waals surface area contributed by atoms with Gasteiger partial charge >= 0.3 is 11.3 Å². The fraction of sp³-hybridized carbons (Fsp3) is 0.100. The summed E-state index contributed by atoms with van der Waals surface area (Å²) < 4.78 is 15.8. The van der Waals surface area contributed by atoms with Crippen LogP contribution in [0.15, 0.2) is 54.8 Å². The maximum Gasteiger partial charge on any atom is 0.344 e. The Bertz CT molecular complexity index is 1430. The summed E-state index contributed by atoms with van der Waals surface area (Å²) in [6.07, 6.45) is -1.70. The first-order chi connectivity index (χ1) is 13.8. The van der Waals surface area contributed by atoms with Gasteiger partial charge in [0.1, 0.15) is 34.2 Å². The van der Waals surface area contributed by atoms with Crippen LogP contribution in [-0.4, -0.2) is 26.7 Å². The number of phenols is 2. The minimum atomic E-state index is -1.70. The highest BCUT2D eigenvalue weighted by atomic mass is 16.6. The molecule has 146 valence electrons. The largest absolute Gasteiger partial charge is 0.508 e. The van der Waals surface area contributed by atoms with Crippen LogP contribution in [0.4, 0.5) is 0 Å². The van der Waals surface area contributed by atoms with E-state index in [1.165, 1.54) is 36.4 Å². The average Bonchev–Trinajstić information content (AvgIpc) is 3.01. The van der Waals surface area contributed by atoms with Crippen molar-refractivity contribution in [3.8, 4) is 23.0 Å². The smallest absolute Gasteiger partial charge is 0.344 e. The van der Waals surface area contributed by atoms with Crippen LogP contribution in [0.3, 0.4) is 0 Å². The highest BCUT2D eigenvalue weighted by Gasteiger charge is 2.43. The highest BCUT2D eigenvalue weighted by Crippen LogP contribution is 2.46. The predicted octanol–water partition coefficient (Wildman–Crippen LogP) is 1.86. The summed E-state index contributed by atoms with van der Waals surface area (Å²) in [4.78, 5) is 25.2. The van der Waals surface area contributed by atoms with Gasteiger partial charge < -0.3 is 34.0 Å². The van der Waals surface area contributed by atoms with Gasteiger partial charge in [0, 0.05) is 0 Å². The molecule has 4 aromatic rings. The standard InChI is InChI=1S/C20H12O9/c21-7-1-3-11-9(5-7)16(23)14(19(25)27-11)13-15-17(29-18(13)24)10-6-8(22)2-4-12(10)28-20(15)26/h1-6,13,18,21-24H. The molecule has 2 aromatic carbocycles. The summed E-state index contributed by atoms with van der Waals surface area (Å²) in [5, 5.41) is 40.8. The van der Waals surface area contributed by atoms with E-state index in [9.17, 15) is 30.0 Å². The molecular formula is C20H12O9. The molecule has 0 bridgehead atoms. The number of phenolic OH excluding ortho intramolecular Hbond substituents is 2. The van der Waals surface area contributed by atoms with Crippen LogP contribution in [0.25, 0.3) is 21.9 Å². The number of ether oxygens (including phenoxy) is 1. The Morgan fingerprint density at radius 3 is 1.97 bits per heavy atom. The van der Waals surface area contributed by atoms with Crippen molar-refractivity contribution < 1.29 is 34.0 Å². The molecule has 4 N–H and O–H groups in total. The zero-order valence-corrected chi connectivity index (χ0v) is 14.4. The summed E-state index contributed by atoms with van der Waals surface area (Å²) in [7, 11) is 0. The van der Waals surface area contributed by atoms with Crippen LogP contribution in [0.5, 0.6) is 23.0 Å². The van der Waals surface area contributed by atoms with Gasteiger partial charge in [-0.3, -0.25) is 0 Å². The van der Waals surface area contributed by atoms with Crippen molar-refractivity contribution in [3.05, 3.63) is 68.4 Å². The van der Waals surface area contributed by atoms with Crippen LogP contribution in [-0.2, 0) is 0 Å². The van der Waals surface area contributed by atoms with Gasteiger partial charge in [0.05, 0.1) is 27.8 Å².